The summed E-state index contributed by atoms with van der Waals surface area (Å²) < 4.78 is 0. The first-order valence-electron chi connectivity index (χ1n) is 19.0. The van der Waals surface area contributed by atoms with E-state index in [9.17, 15) is 5.26 Å². The van der Waals surface area contributed by atoms with Gasteiger partial charge in [-0.25, -0.2) is 0 Å². The molecule has 7 aromatic carbocycles. The van der Waals surface area contributed by atoms with Crippen molar-refractivity contribution in [2.45, 2.75) is 38.9 Å². The Kier molecular flexibility index (Phi) is 9.35. The van der Waals surface area contributed by atoms with Gasteiger partial charge in [0.15, 0.2) is 0 Å². The van der Waals surface area contributed by atoms with Crippen molar-refractivity contribution in [3.8, 4) is 17.2 Å². The predicted octanol–water partition coefficient (Wildman–Crippen LogP) is 13.5. The monoisotopic (exact) mass is 727 g/mol. The number of benzene rings is 7. The van der Waals surface area contributed by atoms with Gasteiger partial charge in [0, 0.05) is 39.5 Å². The van der Waals surface area contributed by atoms with Gasteiger partial charge in [-0.1, -0.05) is 136 Å². The molecule has 0 aliphatic heterocycles. The molecule has 8 rings (SSSR count). The highest BCUT2D eigenvalue weighted by atomic mass is 28.3. The predicted molar refractivity (Wildman–Crippen MR) is 236 cm³/mol. The number of rotatable bonds is 9. The minimum Gasteiger partial charge on any atom is -0.311 e. The SMILES string of the molecule is CC1(C)c2cc(/C=C/c3ccc(N(c4ccccc4)c4ccc([Si](C)(C)C)cc4)cc3)ccc2-c2ccc(N(c3ccccc3)c3ccc(C#N)cc3)cc21. The first-order valence-corrected chi connectivity index (χ1v) is 22.5. The summed E-state index contributed by atoms with van der Waals surface area (Å²) in [6.45, 7) is 11.8. The normalized spacial score (nSPS) is 12.9. The molecule has 1 aliphatic carbocycles. The molecule has 0 N–H and O–H groups in total. The summed E-state index contributed by atoms with van der Waals surface area (Å²) >= 11 is 0. The maximum absolute atomic E-state index is 9.42. The lowest BCUT2D eigenvalue weighted by Gasteiger charge is -2.28. The number of para-hydroxylation sites is 2. The van der Waals surface area contributed by atoms with Gasteiger partial charge in [-0.3, -0.25) is 0 Å². The number of hydrogen-bond acceptors (Lipinski definition) is 3. The molecule has 0 aromatic heterocycles. The van der Waals surface area contributed by atoms with E-state index in [0.29, 0.717) is 5.56 Å². The largest absolute Gasteiger partial charge is 0.311 e. The quantitative estimate of drug-likeness (QED) is 0.110. The molecule has 0 atom stereocenters. The number of nitriles is 1. The number of nitrogens with zero attached hydrogens (tertiary/aromatic N) is 3. The van der Waals surface area contributed by atoms with Crippen LogP contribution in [0.5, 0.6) is 0 Å². The van der Waals surface area contributed by atoms with Crippen LogP contribution in [0.25, 0.3) is 23.3 Å². The van der Waals surface area contributed by atoms with Crippen molar-refractivity contribution in [1.29, 1.82) is 5.26 Å². The number of fused-ring (bicyclic) bond motifs is 3. The zero-order valence-electron chi connectivity index (χ0n) is 32.2. The molecule has 4 heteroatoms. The summed E-state index contributed by atoms with van der Waals surface area (Å²) in [5, 5.41) is 10.9. The van der Waals surface area contributed by atoms with E-state index in [1.807, 2.05) is 30.3 Å². The molecule has 55 heavy (non-hydrogen) atoms. The summed E-state index contributed by atoms with van der Waals surface area (Å²) in [6.07, 6.45) is 4.44. The topological polar surface area (TPSA) is 30.3 Å². The van der Waals surface area contributed by atoms with Crippen molar-refractivity contribution in [3.05, 3.63) is 198 Å². The number of anilines is 6. The van der Waals surface area contributed by atoms with E-state index in [1.54, 1.807) is 0 Å². The maximum Gasteiger partial charge on any atom is 0.0991 e. The van der Waals surface area contributed by atoms with Gasteiger partial charge in [-0.05, 0) is 118 Å². The van der Waals surface area contributed by atoms with Crippen LogP contribution in [-0.2, 0) is 5.41 Å². The van der Waals surface area contributed by atoms with E-state index in [-0.39, 0.29) is 5.41 Å². The first kappa shape index (κ1) is 35.6. The number of hydrogen-bond donors (Lipinski definition) is 0. The molecular weight excluding hydrogens is 683 g/mol. The summed E-state index contributed by atoms with van der Waals surface area (Å²) in [6, 6.07) is 62.8. The minimum absolute atomic E-state index is 0.187. The highest BCUT2D eigenvalue weighted by molar-refractivity contribution is 6.88. The van der Waals surface area contributed by atoms with E-state index in [0.717, 1.165) is 39.7 Å². The molecule has 0 bridgehead atoms. The van der Waals surface area contributed by atoms with Gasteiger partial charge in [-0.15, -0.1) is 0 Å². The molecule has 7 aromatic rings. The van der Waals surface area contributed by atoms with Gasteiger partial charge in [-0.2, -0.15) is 5.26 Å². The van der Waals surface area contributed by atoms with Crippen molar-refractivity contribution in [2.24, 2.45) is 0 Å². The Morgan fingerprint density at radius 3 is 1.44 bits per heavy atom. The fourth-order valence-electron chi connectivity index (χ4n) is 7.76. The second-order valence-electron chi connectivity index (χ2n) is 15.9. The lowest BCUT2D eigenvalue weighted by molar-refractivity contribution is 0.660. The Labute approximate surface area is 327 Å². The average Bonchev–Trinajstić information content (AvgIpc) is 3.43. The molecule has 0 amide bonds. The Morgan fingerprint density at radius 1 is 0.473 bits per heavy atom. The average molecular weight is 728 g/mol. The Bertz CT molecular complexity index is 2520. The van der Waals surface area contributed by atoms with Gasteiger partial charge < -0.3 is 9.80 Å². The van der Waals surface area contributed by atoms with Gasteiger partial charge in [0.05, 0.1) is 19.7 Å². The zero-order valence-corrected chi connectivity index (χ0v) is 33.2. The fraction of sp³-hybridized carbons (Fsp3) is 0.118. The van der Waals surface area contributed by atoms with Gasteiger partial charge in [0.1, 0.15) is 0 Å². The van der Waals surface area contributed by atoms with Crippen LogP contribution in [-0.4, -0.2) is 8.07 Å². The molecule has 0 saturated heterocycles. The molecule has 0 radical (unpaired) electrons. The first-order chi connectivity index (χ1) is 26.6. The summed E-state index contributed by atoms with van der Waals surface area (Å²) in [7, 11) is -1.39. The third-order valence-corrected chi connectivity index (χ3v) is 12.9. The van der Waals surface area contributed by atoms with Gasteiger partial charge in [0.2, 0.25) is 0 Å². The van der Waals surface area contributed by atoms with Crippen molar-refractivity contribution in [3.63, 3.8) is 0 Å². The van der Waals surface area contributed by atoms with Crippen LogP contribution in [0, 0.1) is 11.3 Å². The van der Waals surface area contributed by atoms with Gasteiger partial charge >= 0.3 is 0 Å². The van der Waals surface area contributed by atoms with Crippen LogP contribution in [0.4, 0.5) is 34.1 Å². The molecule has 0 spiro atoms. The van der Waals surface area contributed by atoms with Crippen LogP contribution in [0.1, 0.15) is 41.7 Å². The van der Waals surface area contributed by atoms with Crippen LogP contribution in [0.2, 0.25) is 19.6 Å². The lowest BCUT2D eigenvalue weighted by atomic mass is 9.81. The maximum atomic E-state index is 9.42. The smallest absolute Gasteiger partial charge is 0.0991 e. The van der Waals surface area contributed by atoms with Crippen LogP contribution in [0.15, 0.2) is 170 Å². The minimum atomic E-state index is -1.39. The Morgan fingerprint density at radius 2 is 0.891 bits per heavy atom. The van der Waals surface area contributed by atoms with Gasteiger partial charge in [0.25, 0.3) is 0 Å². The molecule has 1 aliphatic rings. The van der Waals surface area contributed by atoms with Crippen LogP contribution >= 0.6 is 0 Å². The third kappa shape index (κ3) is 7.03. The standard InChI is InChI=1S/C51H45N3Si/c1-51(2)49-34-38(17-16-37-18-23-42(24-19-37)53(40-12-8-6-9-13-40)44-27-30-46(31-28-44)55(3,4)5)22-32-47(49)48-33-29-45(35-50(48)51)54(41-14-10-7-11-15-41)43-25-20-39(36-52)21-26-43/h6-35H,1-5H3/b17-16+. The molecule has 268 valence electrons. The van der Waals surface area contributed by atoms with Crippen molar-refractivity contribution in [1.82, 2.24) is 0 Å². The zero-order chi connectivity index (χ0) is 38.2. The fourth-order valence-corrected chi connectivity index (χ4v) is 8.92. The molecule has 3 nitrogen and oxygen atoms in total. The molecule has 0 unspecified atom stereocenters. The molecule has 0 saturated carbocycles. The molecule has 0 heterocycles. The van der Waals surface area contributed by atoms with E-state index in [1.165, 1.54) is 33.0 Å². The highest BCUT2D eigenvalue weighted by Gasteiger charge is 2.36. The Balaban J connectivity index is 1.06. The Hall–Kier alpha value is -6.41. The summed E-state index contributed by atoms with van der Waals surface area (Å²) in [4.78, 5) is 4.60. The summed E-state index contributed by atoms with van der Waals surface area (Å²) in [5.41, 5.74) is 14.6. The highest BCUT2D eigenvalue weighted by Crippen LogP contribution is 2.51. The van der Waals surface area contributed by atoms with Crippen molar-refractivity contribution < 1.29 is 0 Å². The van der Waals surface area contributed by atoms with Crippen LogP contribution in [0.3, 0.4) is 0 Å². The molecular formula is C51H45N3Si. The third-order valence-electron chi connectivity index (χ3n) is 10.8. The van der Waals surface area contributed by atoms with E-state index < -0.39 is 8.07 Å². The van der Waals surface area contributed by atoms with E-state index >= 15 is 0 Å². The van der Waals surface area contributed by atoms with Crippen molar-refractivity contribution in [2.75, 3.05) is 9.80 Å². The van der Waals surface area contributed by atoms with E-state index in [2.05, 4.69) is 201 Å². The summed E-state index contributed by atoms with van der Waals surface area (Å²) in [5.74, 6) is 0. The molecule has 0 fully saturated rings. The van der Waals surface area contributed by atoms with Crippen LogP contribution < -0.4 is 15.0 Å². The second kappa shape index (κ2) is 14.4. The van der Waals surface area contributed by atoms with Crippen molar-refractivity contribution >= 4 is 59.5 Å². The lowest BCUT2D eigenvalue weighted by Crippen LogP contribution is -2.37. The van der Waals surface area contributed by atoms with E-state index in [4.69, 9.17) is 0 Å². The second-order valence-corrected chi connectivity index (χ2v) is 21.0.